The highest BCUT2D eigenvalue weighted by Gasteiger charge is 2.21. The first-order chi connectivity index (χ1) is 33.5. The maximum absolute atomic E-state index is 12.2. The molecule has 0 saturated heterocycles. The topological polar surface area (TPSA) is 295 Å². The van der Waals surface area contributed by atoms with Crippen LogP contribution in [0.25, 0.3) is 21.5 Å². The third-order valence-electron chi connectivity index (χ3n) is 10.9. The van der Waals surface area contributed by atoms with Crippen LogP contribution in [0.3, 0.4) is 0 Å². The van der Waals surface area contributed by atoms with Gasteiger partial charge in [-0.2, -0.15) is 42.4 Å². The molecule has 8 aromatic rings. The molecule has 0 radical (unpaired) electrons. The molecule has 7 N–H and O–H groups in total. The molecule has 19 nitrogen and oxygen atoms in total. The molecule has 70 heavy (non-hydrogen) atoms. The number of aryl methyl sites for hydroxylation is 2. The number of methoxy groups -OCH3 is 1. The minimum absolute atomic E-state index is 0.0236. The summed E-state index contributed by atoms with van der Waals surface area (Å²) >= 11 is 0. The predicted octanol–water partition coefficient (Wildman–Crippen LogP) is 13.2. The van der Waals surface area contributed by atoms with E-state index in [9.17, 15) is 36.2 Å². The van der Waals surface area contributed by atoms with Gasteiger partial charge in [0, 0.05) is 40.3 Å². The second kappa shape index (κ2) is 20.1. The number of aromatic hydroxyl groups is 1. The number of hydrogen-bond donors (Lipinski definition) is 6. The number of nitrogens with two attached hydrogens (primary N) is 1. The lowest BCUT2D eigenvalue weighted by atomic mass is 10.1. The predicted molar refractivity (Wildman–Crippen MR) is 265 cm³/mol. The first-order valence-corrected chi connectivity index (χ1v) is 23.9. The number of phenolic OH excluding ortho intramolecular Hbond substituents is 1. The molecule has 0 spiro atoms. The number of anilines is 2. The largest absolute Gasteiger partial charge is 0.505 e. The monoisotopic (exact) mass is 978 g/mol. The number of fused-ring (bicyclic) bond motifs is 2. The van der Waals surface area contributed by atoms with Gasteiger partial charge in [-0.25, -0.2) is 0 Å². The Morgan fingerprint density at radius 2 is 1.14 bits per heavy atom. The number of phenols is 1. The van der Waals surface area contributed by atoms with Crippen molar-refractivity contribution in [2.24, 2.45) is 40.9 Å². The van der Waals surface area contributed by atoms with Gasteiger partial charge in [0.25, 0.3) is 20.2 Å². The Labute approximate surface area is 401 Å². The molecule has 0 unspecified atom stereocenters. The minimum atomic E-state index is -4.81. The quantitative estimate of drug-likeness (QED) is 0.0319. The molecule has 8 rings (SSSR count). The van der Waals surface area contributed by atoms with Crippen molar-refractivity contribution in [2.75, 3.05) is 18.2 Å². The molecule has 0 saturated carbocycles. The maximum atomic E-state index is 12.2. The van der Waals surface area contributed by atoms with Crippen LogP contribution in [-0.4, -0.2) is 43.3 Å². The number of benzene rings is 8. The Morgan fingerprint density at radius 1 is 0.557 bits per heavy atom. The summed E-state index contributed by atoms with van der Waals surface area (Å²) in [4.78, 5) is -1.08. The van der Waals surface area contributed by atoms with Crippen LogP contribution in [0.5, 0.6) is 11.5 Å². The van der Waals surface area contributed by atoms with Gasteiger partial charge in [0.2, 0.25) is 0 Å². The molecule has 0 amide bonds. The summed E-state index contributed by atoms with van der Waals surface area (Å²) in [5.74, 6) is 0.259. The lowest BCUT2D eigenvalue weighted by Gasteiger charge is -2.10. The van der Waals surface area contributed by atoms with E-state index in [1.165, 1.54) is 19.2 Å². The van der Waals surface area contributed by atoms with Gasteiger partial charge in [0.1, 0.15) is 32.6 Å². The summed E-state index contributed by atoms with van der Waals surface area (Å²) in [7, 11) is -8.03. The number of aliphatic hydroxyl groups excluding tert-OH is 1. The summed E-state index contributed by atoms with van der Waals surface area (Å²) in [5, 5.41) is 60.6. The fourth-order valence-electron chi connectivity index (χ4n) is 7.24. The van der Waals surface area contributed by atoms with Gasteiger partial charge in [0.05, 0.1) is 42.2 Å². The van der Waals surface area contributed by atoms with Gasteiger partial charge in [-0.15, -0.1) is 15.3 Å². The molecule has 0 heterocycles. The molecular formula is C49H42N10O9S2. The fraction of sp³-hybridized carbons (Fsp3) is 0.102. The van der Waals surface area contributed by atoms with E-state index in [2.05, 4.69) is 46.2 Å². The highest BCUT2D eigenvalue weighted by Crippen LogP contribution is 2.41. The van der Waals surface area contributed by atoms with Gasteiger partial charge in [-0.05, 0) is 138 Å². The standard InChI is InChI=1S/C49H42N10O9S2/c1-28-19-37(13-17-40(28)54-52-36-14-18-41(29(2)20-36)55-59-45-24-39-31(23-48(45)70(65,66)67)5-4-6-47(39)69(62,63)64)53-57-43-25-46(68-3)44(22-33(43)27-60)58-56-42-16-9-32-21-35(12-15-38(32)49(42)61)51-26-30-7-10-34(50)11-8-30/h4-25,51,60-61H,26-27,50H2,1-3H3,(H,62,63,64)(H,65,66,67). The van der Waals surface area contributed by atoms with Crippen molar-refractivity contribution < 1.29 is 40.9 Å². The van der Waals surface area contributed by atoms with Crippen molar-refractivity contribution in [3.8, 4) is 11.5 Å². The van der Waals surface area contributed by atoms with E-state index in [1.54, 1.807) is 67.6 Å². The number of hydrogen-bond acceptors (Lipinski definition) is 17. The Hall–Kier alpha value is -8.34. The molecule has 354 valence electrons. The van der Waals surface area contributed by atoms with Crippen molar-refractivity contribution >= 4 is 98.7 Å². The molecule has 0 fully saturated rings. The van der Waals surface area contributed by atoms with E-state index < -0.39 is 36.6 Å². The highest BCUT2D eigenvalue weighted by molar-refractivity contribution is 7.86. The first kappa shape index (κ1) is 48.1. The normalized spacial score (nSPS) is 12.4. The lowest BCUT2D eigenvalue weighted by Crippen LogP contribution is -2.01. The van der Waals surface area contributed by atoms with Crippen molar-refractivity contribution in [1.29, 1.82) is 0 Å². The van der Waals surface area contributed by atoms with E-state index in [-0.39, 0.29) is 27.9 Å². The van der Waals surface area contributed by atoms with E-state index in [0.29, 0.717) is 68.6 Å². The van der Waals surface area contributed by atoms with Crippen LogP contribution in [0.2, 0.25) is 0 Å². The lowest BCUT2D eigenvalue weighted by molar-refractivity contribution is 0.282. The maximum Gasteiger partial charge on any atom is 0.296 e. The summed E-state index contributed by atoms with van der Waals surface area (Å²) in [6.45, 7) is 3.75. The summed E-state index contributed by atoms with van der Waals surface area (Å²) in [5.41, 5.74) is 12.4. The molecule has 0 atom stereocenters. The third kappa shape index (κ3) is 11.0. The van der Waals surface area contributed by atoms with Gasteiger partial charge in [-0.3, -0.25) is 9.11 Å². The van der Waals surface area contributed by atoms with E-state index >= 15 is 0 Å². The minimum Gasteiger partial charge on any atom is -0.505 e. The van der Waals surface area contributed by atoms with Gasteiger partial charge in [0.15, 0.2) is 5.75 Å². The number of aliphatic hydroxyl groups is 1. The van der Waals surface area contributed by atoms with Crippen molar-refractivity contribution in [1.82, 2.24) is 0 Å². The zero-order valence-electron chi connectivity index (χ0n) is 37.4. The number of ether oxygens (including phenoxy) is 1. The number of nitrogens with one attached hydrogen (secondary N) is 1. The zero-order chi connectivity index (χ0) is 49.7. The highest BCUT2D eigenvalue weighted by atomic mass is 32.2. The average molecular weight is 979 g/mol. The van der Waals surface area contributed by atoms with E-state index in [1.807, 2.05) is 49.4 Å². The zero-order valence-corrected chi connectivity index (χ0v) is 39.1. The summed E-state index contributed by atoms with van der Waals surface area (Å²) in [6.07, 6.45) is 0. The molecule has 0 aromatic heterocycles. The van der Waals surface area contributed by atoms with Crippen LogP contribution < -0.4 is 15.8 Å². The van der Waals surface area contributed by atoms with Crippen molar-refractivity contribution in [2.45, 2.75) is 36.8 Å². The van der Waals surface area contributed by atoms with Crippen LogP contribution in [0.1, 0.15) is 22.3 Å². The molecular weight excluding hydrogens is 937 g/mol. The molecule has 0 bridgehead atoms. The summed E-state index contributed by atoms with van der Waals surface area (Å²) in [6, 6.07) is 35.9. The molecule has 0 aliphatic rings. The van der Waals surface area contributed by atoms with E-state index in [4.69, 9.17) is 10.5 Å². The third-order valence-corrected chi connectivity index (χ3v) is 12.7. The Balaban J connectivity index is 0.945. The molecule has 8 aromatic carbocycles. The number of nitrogens with zero attached hydrogens (tertiary/aromatic N) is 8. The Morgan fingerprint density at radius 3 is 1.77 bits per heavy atom. The SMILES string of the molecule is COc1cc(N=Nc2ccc(N=Nc3ccc(N=Nc4cc5c(S(=O)(=O)O)cccc5cc4S(=O)(=O)O)c(C)c3)c(C)c2)c(CO)cc1N=Nc1ccc2cc(NCc3ccc(N)cc3)ccc2c1O. The van der Waals surface area contributed by atoms with Gasteiger partial charge < -0.3 is 26.0 Å². The van der Waals surface area contributed by atoms with Crippen LogP contribution in [0.15, 0.2) is 184 Å². The fourth-order valence-corrected chi connectivity index (χ4v) is 8.58. The van der Waals surface area contributed by atoms with Crippen LogP contribution in [0.4, 0.5) is 56.9 Å². The average Bonchev–Trinajstić information content (AvgIpc) is 3.33. The molecule has 0 aliphatic carbocycles. The smallest absolute Gasteiger partial charge is 0.296 e. The molecule has 0 aliphatic heterocycles. The molecule has 21 heteroatoms. The Kier molecular flexibility index (Phi) is 13.8. The van der Waals surface area contributed by atoms with Gasteiger partial charge in [-0.1, -0.05) is 30.3 Å². The van der Waals surface area contributed by atoms with E-state index in [0.717, 1.165) is 40.4 Å². The van der Waals surface area contributed by atoms with Crippen LogP contribution in [0, 0.1) is 13.8 Å². The number of rotatable bonds is 15. The van der Waals surface area contributed by atoms with Gasteiger partial charge >= 0.3 is 0 Å². The second-order valence-electron chi connectivity index (χ2n) is 15.8. The summed E-state index contributed by atoms with van der Waals surface area (Å²) < 4.78 is 73.7. The number of nitrogen functional groups attached to an aromatic ring is 1. The van der Waals surface area contributed by atoms with Crippen LogP contribution in [-0.2, 0) is 33.4 Å². The van der Waals surface area contributed by atoms with Crippen molar-refractivity contribution in [3.05, 3.63) is 156 Å². The second-order valence-corrected chi connectivity index (χ2v) is 18.5. The van der Waals surface area contributed by atoms with Crippen molar-refractivity contribution in [3.63, 3.8) is 0 Å². The Bertz CT molecular complexity index is 3700. The number of azo groups is 4. The van der Waals surface area contributed by atoms with Crippen LogP contribution >= 0.6 is 0 Å². The first-order valence-electron chi connectivity index (χ1n) is 21.0.